The van der Waals surface area contributed by atoms with Crippen molar-refractivity contribution in [1.82, 2.24) is 14.0 Å². The fourth-order valence-electron chi connectivity index (χ4n) is 3.79. The van der Waals surface area contributed by atoms with Crippen LogP contribution in [0.15, 0.2) is 70.1 Å². The molecule has 0 spiro atoms. The largest absolute Gasteiger partial charge is 0.383 e. The van der Waals surface area contributed by atoms with Gasteiger partial charge in [0, 0.05) is 66.8 Å². The number of fused-ring (bicyclic) bond motifs is 3. The molecule has 0 fully saturated rings. The van der Waals surface area contributed by atoms with E-state index < -0.39 is 0 Å². The van der Waals surface area contributed by atoms with Crippen molar-refractivity contribution in [3.05, 3.63) is 81.2 Å². The van der Waals surface area contributed by atoms with Gasteiger partial charge in [-0.2, -0.15) is 0 Å². The minimum Gasteiger partial charge on any atom is -0.383 e. The minimum absolute atomic E-state index is 0.0547. The molecule has 0 saturated carbocycles. The first-order valence-corrected chi connectivity index (χ1v) is 10.3. The predicted octanol–water partition coefficient (Wildman–Crippen LogP) is 4.72. The highest BCUT2D eigenvalue weighted by Gasteiger charge is 2.17. The molecule has 5 nitrogen and oxygen atoms in total. The smallest absolute Gasteiger partial charge is 0.259 e. The third kappa shape index (κ3) is 3.37. The maximum absolute atomic E-state index is 13.1. The lowest BCUT2D eigenvalue weighted by atomic mass is 10.0. The van der Waals surface area contributed by atoms with E-state index in [-0.39, 0.29) is 11.3 Å². The van der Waals surface area contributed by atoms with Crippen LogP contribution >= 0.6 is 15.9 Å². The Balaban J connectivity index is 1.98. The Kier molecular flexibility index (Phi) is 5.12. The van der Waals surface area contributed by atoms with Gasteiger partial charge in [-0.05, 0) is 42.0 Å². The number of hydrogen-bond acceptors (Lipinski definition) is 3. The van der Waals surface area contributed by atoms with Gasteiger partial charge in [0.05, 0.1) is 5.52 Å². The Morgan fingerprint density at radius 1 is 0.967 bits per heavy atom. The standard InChI is InChI=1S/C24H22BrN3O2/c1-26(2)12-11-22(29)16-7-10-21-19(13-16)20-14-18(15-5-8-17(25)9-6-15)24(30)28(4)23(20)27(21)3/h5-14H,1-4H3. The number of hydrogen-bond donors (Lipinski definition) is 0. The van der Waals surface area contributed by atoms with Crippen LogP contribution in [0.4, 0.5) is 0 Å². The molecule has 152 valence electrons. The summed E-state index contributed by atoms with van der Waals surface area (Å²) in [5, 5.41) is 1.89. The second kappa shape index (κ2) is 7.61. The average Bonchev–Trinajstić information content (AvgIpc) is 3.01. The molecule has 2 aromatic heterocycles. The molecule has 0 saturated heterocycles. The van der Waals surface area contributed by atoms with Crippen molar-refractivity contribution in [3.8, 4) is 11.1 Å². The molecule has 0 aliphatic heterocycles. The Hall–Kier alpha value is -3.12. The van der Waals surface area contributed by atoms with Crippen molar-refractivity contribution in [2.24, 2.45) is 14.1 Å². The van der Waals surface area contributed by atoms with E-state index in [0.717, 1.165) is 32.0 Å². The molecule has 30 heavy (non-hydrogen) atoms. The highest BCUT2D eigenvalue weighted by Crippen LogP contribution is 2.31. The number of carbonyl (C=O) groups is 1. The third-order valence-electron chi connectivity index (χ3n) is 5.31. The van der Waals surface area contributed by atoms with Gasteiger partial charge in [-0.25, -0.2) is 0 Å². The van der Waals surface area contributed by atoms with Gasteiger partial charge < -0.3 is 9.47 Å². The summed E-state index contributed by atoms with van der Waals surface area (Å²) in [7, 11) is 7.48. The van der Waals surface area contributed by atoms with Crippen molar-refractivity contribution in [3.63, 3.8) is 0 Å². The number of halogens is 1. The number of aromatic nitrogens is 2. The Morgan fingerprint density at radius 2 is 1.67 bits per heavy atom. The molecular weight excluding hydrogens is 442 g/mol. The van der Waals surface area contributed by atoms with Gasteiger partial charge in [-0.1, -0.05) is 28.1 Å². The zero-order chi connectivity index (χ0) is 21.6. The van der Waals surface area contributed by atoms with Gasteiger partial charge in [0.1, 0.15) is 5.65 Å². The van der Waals surface area contributed by atoms with Gasteiger partial charge >= 0.3 is 0 Å². The molecule has 0 bridgehead atoms. The molecule has 2 aromatic carbocycles. The monoisotopic (exact) mass is 463 g/mol. The van der Waals surface area contributed by atoms with Crippen molar-refractivity contribution in [2.75, 3.05) is 14.1 Å². The van der Waals surface area contributed by atoms with Gasteiger partial charge in [0.15, 0.2) is 5.78 Å². The Morgan fingerprint density at radius 3 is 2.33 bits per heavy atom. The summed E-state index contributed by atoms with van der Waals surface area (Å²) in [5.74, 6) is -0.0550. The number of nitrogens with zero attached hydrogens (tertiary/aromatic N) is 3. The van der Waals surface area contributed by atoms with Crippen LogP contribution in [0.1, 0.15) is 10.4 Å². The van der Waals surface area contributed by atoms with E-state index in [1.54, 1.807) is 23.9 Å². The number of aryl methyl sites for hydroxylation is 2. The second-order valence-corrected chi connectivity index (χ2v) is 8.52. The van der Waals surface area contributed by atoms with Crippen molar-refractivity contribution < 1.29 is 4.79 Å². The number of allylic oxidation sites excluding steroid dienone is 1. The van der Waals surface area contributed by atoms with E-state index in [2.05, 4.69) is 15.9 Å². The van der Waals surface area contributed by atoms with Crippen LogP contribution in [0.25, 0.3) is 33.1 Å². The van der Waals surface area contributed by atoms with Crippen LogP contribution in [-0.4, -0.2) is 33.9 Å². The van der Waals surface area contributed by atoms with Crippen LogP contribution in [0.2, 0.25) is 0 Å². The highest BCUT2D eigenvalue weighted by molar-refractivity contribution is 9.10. The Bertz CT molecular complexity index is 1380. The minimum atomic E-state index is -0.0550. The summed E-state index contributed by atoms with van der Waals surface area (Å²) >= 11 is 3.44. The summed E-state index contributed by atoms with van der Waals surface area (Å²) in [5.41, 5.74) is 3.85. The van der Waals surface area contributed by atoms with E-state index in [9.17, 15) is 9.59 Å². The van der Waals surface area contributed by atoms with Gasteiger partial charge in [-0.3, -0.25) is 14.2 Å². The number of benzene rings is 2. The lowest BCUT2D eigenvalue weighted by molar-refractivity contribution is 0.104. The summed E-state index contributed by atoms with van der Waals surface area (Å²) < 4.78 is 4.64. The molecule has 0 atom stereocenters. The molecule has 0 radical (unpaired) electrons. The van der Waals surface area contributed by atoms with E-state index in [0.29, 0.717) is 11.1 Å². The van der Waals surface area contributed by atoms with Crippen LogP contribution in [0.5, 0.6) is 0 Å². The zero-order valence-electron chi connectivity index (χ0n) is 17.3. The lowest BCUT2D eigenvalue weighted by Gasteiger charge is -2.08. The summed E-state index contributed by atoms with van der Waals surface area (Å²) in [4.78, 5) is 27.5. The summed E-state index contributed by atoms with van der Waals surface area (Å²) in [6.07, 6.45) is 3.31. The average molecular weight is 464 g/mol. The van der Waals surface area contributed by atoms with E-state index in [1.807, 2.05) is 79.1 Å². The first-order valence-electron chi connectivity index (χ1n) is 9.55. The molecule has 0 unspecified atom stereocenters. The van der Waals surface area contributed by atoms with Gasteiger partial charge in [0.2, 0.25) is 0 Å². The van der Waals surface area contributed by atoms with E-state index >= 15 is 0 Å². The number of rotatable bonds is 4. The number of ketones is 1. The van der Waals surface area contributed by atoms with Gasteiger partial charge in [-0.15, -0.1) is 0 Å². The lowest BCUT2D eigenvalue weighted by Crippen LogP contribution is -2.20. The van der Waals surface area contributed by atoms with Crippen molar-refractivity contribution in [1.29, 1.82) is 0 Å². The molecule has 0 amide bonds. The summed E-state index contributed by atoms with van der Waals surface area (Å²) in [6, 6.07) is 15.3. The Labute approximate surface area is 183 Å². The van der Waals surface area contributed by atoms with Crippen LogP contribution in [0.3, 0.4) is 0 Å². The quantitative estimate of drug-likeness (QED) is 0.325. The van der Waals surface area contributed by atoms with E-state index in [1.165, 1.54) is 0 Å². The first-order chi connectivity index (χ1) is 14.3. The molecule has 6 heteroatoms. The predicted molar refractivity (Wildman–Crippen MR) is 126 cm³/mol. The fraction of sp³-hybridized carbons (Fsp3) is 0.167. The normalized spacial score (nSPS) is 11.6. The molecule has 2 heterocycles. The maximum Gasteiger partial charge on any atom is 0.259 e. The fourth-order valence-corrected chi connectivity index (χ4v) is 4.06. The topological polar surface area (TPSA) is 47.2 Å². The van der Waals surface area contributed by atoms with Crippen molar-refractivity contribution in [2.45, 2.75) is 0 Å². The van der Waals surface area contributed by atoms with Crippen LogP contribution in [-0.2, 0) is 14.1 Å². The van der Waals surface area contributed by atoms with Gasteiger partial charge in [0.25, 0.3) is 5.56 Å². The molecule has 0 aliphatic rings. The maximum atomic E-state index is 13.1. The number of carbonyl (C=O) groups excluding carboxylic acids is 1. The summed E-state index contributed by atoms with van der Waals surface area (Å²) in [6.45, 7) is 0. The zero-order valence-corrected chi connectivity index (χ0v) is 18.9. The number of pyridine rings is 1. The molecular formula is C24H22BrN3O2. The van der Waals surface area contributed by atoms with Crippen LogP contribution < -0.4 is 5.56 Å². The SMILES string of the molecule is CN(C)C=CC(=O)c1ccc2c(c1)c1cc(-c3ccc(Br)cc3)c(=O)n(C)c1n2C. The first kappa shape index (κ1) is 20.2. The second-order valence-electron chi connectivity index (χ2n) is 7.60. The van der Waals surface area contributed by atoms with Crippen LogP contribution in [0, 0.1) is 0 Å². The highest BCUT2D eigenvalue weighted by atomic mass is 79.9. The third-order valence-corrected chi connectivity index (χ3v) is 5.84. The van der Waals surface area contributed by atoms with Crippen molar-refractivity contribution >= 4 is 43.6 Å². The molecule has 4 rings (SSSR count). The molecule has 0 N–H and O–H groups in total. The molecule has 0 aliphatic carbocycles. The molecule has 4 aromatic rings. The van der Waals surface area contributed by atoms with E-state index in [4.69, 9.17) is 0 Å².